The van der Waals surface area contributed by atoms with Crippen molar-refractivity contribution in [3.63, 3.8) is 0 Å². The maximum atomic E-state index is 12.3. The SMILES string of the molecule is C=C/C=C(\C=C/C)N1C(=O)C2CCCCC2C1=O. The summed E-state index contributed by atoms with van der Waals surface area (Å²) in [6.45, 7) is 5.51. The highest BCUT2D eigenvalue weighted by atomic mass is 16.2. The first-order chi connectivity index (χ1) is 8.70. The molecule has 0 aromatic heterocycles. The highest BCUT2D eigenvalue weighted by Gasteiger charge is 2.48. The fraction of sp³-hybridized carbons (Fsp3) is 0.467. The van der Waals surface area contributed by atoms with Gasteiger partial charge < -0.3 is 0 Å². The zero-order chi connectivity index (χ0) is 13.1. The highest BCUT2D eigenvalue weighted by molar-refractivity contribution is 6.07. The lowest BCUT2D eigenvalue weighted by Crippen LogP contribution is -2.29. The van der Waals surface area contributed by atoms with Crippen LogP contribution in [0, 0.1) is 11.8 Å². The molecule has 2 fully saturated rings. The number of imide groups is 1. The molecule has 1 aliphatic carbocycles. The van der Waals surface area contributed by atoms with Crippen molar-refractivity contribution in [1.29, 1.82) is 0 Å². The van der Waals surface area contributed by atoms with Crippen molar-refractivity contribution >= 4 is 11.8 Å². The predicted octanol–water partition coefficient (Wildman–Crippen LogP) is 2.81. The van der Waals surface area contributed by atoms with E-state index in [-0.39, 0.29) is 23.7 Å². The molecule has 2 unspecified atom stereocenters. The Bertz CT molecular complexity index is 410. The molecule has 0 bridgehead atoms. The number of fused-ring (bicyclic) bond motifs is 1. The number of likely N-dealkylation sites (tertiary alicyclic amines) is 1. The van der Waals surface area contributed by atoms with Crippen LogP contribution in [0.15, 0.2) is 36.6 Å². The zero-order valence-corrected chi connectivity index (χ0v) is 10.8. The molecular weight excluding hydrogens is 226 g/mol. The first kappa shape index (κ1) is 12.8. The first-order valence-corrected chi connectivity index (χ1v) is 6.54. The molecule has 1 saturated heterocycles. The van der Waals surface area contributed by atoms with Gasteiger partial charge >= 0.3 is 0 Å². The Morgan fingerprint density at radius 2 is 1.78 bits per heavy atom. The van der Waals surface area contributed by atoms with Crippen molar-refractivity contribution < 1.29 is 9.59 Å². The van der Waals surface area contributed by atoms with Gasteiger partial charge in [-0.05, 0) is 31.9 Å². The third-order valence-electron chi connectivity index (χ3n) is 3.73. The molecule has 0 aromatic rings. The Hall–Kier alpha value is -1.64. The number of allylic oxidation sites excluding steroid dienone is 4. The van der Waals surface area contributed by atoms with Crippen LogP contribution in [0.3, 0.4) is 0 Å². The Morgan fingerprint density at radius 3 is 2.22 bits per heavy atom. The van der Waals surface area contributed by atoms with Crippen molar-refractivity contribution in [2.24, 2.45) is 11.8 Å². The summed E-state index contributed by atoms with van der Waals surface area (Å²) in [6, 6.07) is 0. The van der Waals surface area contributed by atoms with Crippen molar-refractivity contribution in [2.45, 2.75) is 32.6 Å². The molecule has 1 heterocycles. The summed E-state index contributed by atoms with van der Waals surface area (Å²) >= 11 is 0. The van der Waals surface area contributed by atoms with Crippen LogP contribution in [0.5, 0.6) is 0 Å². The molecule has 0 aromatic carbocycles. The fourth-order valence-corrected chi connectivity index (χ4v) is 2.91. The predicted molar refractivity (Wildman–Crippen MR) is 70.4 cm³/mol. The molecule has 0 N–H and O–H groups in total. The maximum Gasteiger partial charge on any atom is 0.237 e. The maximum absolute atomic E-state index is 12.3. The van der Waals surface area contributed by atoms with Gasteiger partial charge in [0.1, 0.15) is 0 Å². The number of carbonyl (C=O) groups excluding carboxylic acids is 2. The lowest BCUT2D eigenvalue weighted by atomic mass is 9.81. The number of rotatable bonds is 3. The molecule has 96 valence electrons. The summed E-state index contributed by atoms with van der Waals surface area (Å²) in [5.41, 5.74) is 0.636. The van der Waals surface area contributed by atoms with Crippen LogP contribution >= 0.6 is 0 Å². The lowest BCUT2D eigenvalue weighted by Gasteiger charge is -2.19. The first-order valence-electron chi connectivity index (χ1n) is 6.54. The van der Waals surface area contributed by atoms with Gasteiger partial charge in [-0.2, -0.15) is 0 Å². The van der Waals surface area contributed by atoms with E-state index >= 15 is 0 Å². The Kier molecular flexibility index (Phi) is 3.80. The Morgan fingerprint density at radius 1 is 1.22 bits per heavy atom. The summed E-state index contributed by atoms with van der Waals surface area (Å²) in [6.07, 6.45) is 10.7. The van der Waals surface area contributed by atoms with E-state index in [0.29, 0.717) is 5.70 Å². The minimum absolute atomic E-state index is 0.0316. The summed E-state index contributed by atoms with van der Waals surface area (Å²) in [7, 11) is 0. The van der Waals surface area contributed by atoms with Crippen molar-refractivity contribution in [2.75, 3.05) is 0 Å². The Balaban J connectivity index is 2.33. The van der Waals surface area contributed by atoms with Gasteiger partial charge in [0.25, 0.3) is 0 Å². The molecular formula is C15H19NO2. The summed E-state index contributed by atoms with van der Waals surface area (Å²) in [4.78, 5) is 26.0. The van der Waals surface area contributed by atoms with Gasteiger partial charge in [0, 0.05) is 0 Å². The van der Waals surface area contributed by atoms with Crippen LogP contribution in [0.4, 0.5) is 0 Å². The van der Waals surface area contributed by atoms with Gasteiger partial charge in [-0.1, -0.05) is 31.6 Å². The van der Waals surface area contributed by atoms with E-state index in [0.717, 1.165) is 25.7 Å². The number of hydrogen-bond acceptors (Lipinski definition) is 2. The van der Waals surface area contributed by atoms with Crippen LogP contribution in [0.2, 0.25) is 0 Å². The summed E-state index contributed by atoms with van der Waals surface area (Å²) in [5.74, 6) is -0.249. The van der Waals surface area contributed by atoms with E-state index < -0.39 is 0 Å². The van der Waals surface area contributed by atoms with E-state index in [2.05, 4.69) is 6.58 Å². The standard InChI is InChI=1S/C15H19NO2/c1-3-7-11(8-4-2)16-14(17)12-9-5-6-10-13(12)15(16)18/h3-4,7-8,12-13H,1,5-6,9-10H2,2H3/b8-4-,11-7+. The minimum atomic E-state index is -0.0929. The summed E-state index contributed by atoms with van der Waals surface area (Å²) in [5, 5.41) is 0. The van der Waals surface area contributed by atoms with Crippen LogP contribution < -0.4 is 0 Å². The van der Waals surface area contributed by atoms with E-state index in [4.69, 9.17) is 0 Å². The van der Waals surface area contributed by atoms with Crippen LogP contribution in [0.1, 0.15) is 32.6 Å². The highest BCUT2D eigenvalue weighted by Crippen LogP contribution is 2.39. The third kappa shape index (κ3) is 2.05. The van der Waals surface area contributed by atoms with Crippen molar-refractivity contribution in [1.82, 2.24) is 4.90 Å². The van der Waals surface area contributed by atoms with E-state index in [1.807, 2.05) is 13.0 Å². The zero-order valence-electron chi connectivity index (χ0n) is 10.8. The molecule has 18 heavy (non-hydrogen) atoms. The number of carbonyl (C=O) groups is 2. The number of hydrogen-bond donors (Lipinski definition) is 0. The molecule has 2 rings (SSSR count). The molecule has 2 atom stereocenters. The second kappa shape index (κ2) is 5.34. The molecule has 3 nitrogen and oxygen atoms in total. The topological polar surface area (TPSA) is 37.4 Å². The molecule has 1 saturated carbocycles. The molecule has 0 radical (unpaired) electrons. The number of nitrogens with zero attached hydrogens (tertiary/aromatic N) is 1. The van der Waals surface area contributed by atoms with Crippen LogP contribution in [-0.4, -0.2) is 16.7 Å². The van der Waals surface area contributed by atoms with Gasteiger partial charge in [-0.25, -0.2) is 0 Å². The van der Waals surface area contributed by atoms with E-state index in [1.165, 1.54) is 4.90 Å². The molecule has 2 aliphatic rings. The minimum Gasteiger partial charge on any atom is -0.274 e. The smallest absolute Gasteiger partial charge is 0.237 e. The molecule has 3 heteroatoms. The second-order valence-electron chi connectivity index (χ2n) is 4.84. The lowest BCUT2D eigenvalue weighted by molar-refractivity contribution is -0.137. The quantitative estimate of drug-likeness (QED) is 0.566. The average Bonchev–Trinajstić information content (AvgIpc) is 2.63. The van der Waals surface area contributed by atoms with Crippen molar-refractivity contribution in [3.05, 3.63) is 36.6 Å². The largest absolute Gasteiger partial charge is 0.274 e. The van der Waals surface area contributed by atoms with Crippen LogP contribution in [-0.2, 0) is 9.59 Å². The second-order valence-corrected chi connectivity index (χ2v) is 4.84. The Labute approximate surface area is 108 Å². The summed E-state index contributed by atoms with van der Waals surface area (Å²) < 4.78 is 0. The normalized spacial score (nSPS) is 28.9. The monoisotopic (exact) mass is 245 g/mol. The number of amides is 2. The van der Waals surface area contributed by atoms with Crippen LogP contribution in [0.25, 0.3) is 0 Å². The fourth-order valence-electron chi connectivity index (χ4n) is 2.91. The van der Waals surface area contributed by atoms with Gasteiger partial charge in [0.2, 0.25) is 11.8 Å². The van der Waals surface area contributed by atoms with Gasteiger partial charge in [0.15, 0.2) is 0 Å². The molecule has 1 aliphatic heterocycles. The van der Waals surface area contributed by atoms with E-state index in [1.54, 1.807) is 18.2 Å². The average molecular weight is 245 g/mol. The van der Waals surface area contributed by atoms with E-state index in [9.17, 15) is 9.59 Å². The van der Waals surface area contributed by atoms with Gasteiger partial charge in [-0.3, -0.25) is 14.5 Å². The molecule has 0 spiro atoms. The van der Waals surface area contributed by atoms with Gasteiger partial charge in [0.05, 0.1) is 17.5 Å². The van der Waals surface area contributed by atoms with Gasteiger partial charge in [-0.15, -0.1) is 0 Å². The van der Waals surface area contributed by atoms with Crippen molar-refractivity contribution in [3.8, 4) is 0 Å². The molecule has 2 amide bonds. The third-order valence-corrected chi connectivity index (χ3v) is 3.73.